The molecule has 0 saturated heterocycles. The zero-order valence-electron chi connectivity index (χ0n) is 18.2. The van der Waals surface area contributed by atoms with E-state index in [0.29, 0.717) is 7.48 Å². The summed E-state index contributed by atoms with van der Waals surface area (Å²) in [7, 11) is 2.28. The van der Waals surface area contributed by atoms with E-state index in [1.165, 1.54) is 11.1 Å². The molecule has 1 aliphatic rings. The molecule has 0 saturated carbocycles. The van der Waals surface area contributed by atoms with Crippen molar-refractivity contribution < 1.29 is 14.5 Å². The number of para-hydroxylation sites is 1. The molecule has 2 rings (SSSR count). The van der Waals surface area contributed by atoms with Crippen LogP contribution >= 0.6 is 0 Å². The van der Waals surface area contributed by atoms with Gasteiger partial charge < -0.3 is 14.5 Å². The van der Waals surface area contributed by atoms with Crippen LogP contribution in [0.3, 0.4) is 0 Å². The monoisotopic (exact) mass is 370 g/mol. The summed E-state index contributed by atoms with van der Waals surface area (Å²) in [4.78, 5) is 0. The van der Waals surface area contributed by atoms with Crippen LogP contribution < -0.4 is 4.74 Å². The first kappa shape index (κ1) is 21.8. The number of ether oxygens (including phenoxy) is 1. The molecule has 1 atom stereocenters. The van der Waals surface area contributed by atoms with Crippen molar-refractivity contribution in [2.75, 3.05) is 7.11 Å². The number of benzene rings is 1. The lowest BCUT2D eigenvalue weighted by atomic mass is 9.66. The van der Waals surface area contributed by atoms with E-state index in [0.717, 1.165) is 17.7 Å². The number of allylic oxidation sites excluding steroid dienone is 4. The molecule has 27 heavy (non-hydrogen) atoms. The van der Waals surface area contributed by atoms with Gasteiger partial charge in [-0.1, -0.05) is 56.7 Å². The summed E-state index contributed by atoms with van der Waals surface area (Å²) in [5.41, 5.74) is 2.26. The van der Waals surface area contributed by atoms with Crippen molar-refractivity contribution in [3.05, 3.63) is 47.6 Å². The predicted molar refractivity (Wildman–Crippen MR) is 115 cm³/mol. The largest absolute Gasteiger partial charge is 0.496 e. The average molecular weight is 370 g/mol. The summed E-state index contributed by atoms with van der Waals surface area (Å²) >= 11 is 0. The van der Waals surface area contributed by atoms with Crippen molar-refractivity contribution in [3.8, 4) is 5.75 Å². The second-order valence-electron chi connectivity index (χ2n) is 9.59. The van der Waals surface area contributed by atoms with Crippen LogP contribution in [0.2, 0.25) is 5.82 Å². The third-order valence-corrected chi connectivity index (χ3v) is 5.74. The van der Waals surface area contributed by atoms with Crippen LogP contribution in [0.25, 0.3) is 5.57 Å². The zero-order chi connectivity index (χ0) is 20.5. The Morgan fingerprint density at radius 1 is 1.04 bits per heavy atom. The fourth-order valence-corrected chi connectivity index (χ4v) is 3.06. The molecule has 1 N–H and O–H groups in total. The van der Waals surface area contributed by atoms with Crippen LogP contribution in [0, 0.1) is 5.41 Å². The minimum Gasteiger partial charge on any atom is -0.496 e. The van der Waals surface area contributed by atoms with Gasteiger partial charge in [0, 0.05) is 5.56 Å². The molecular weight excluding hydrogens is 335 g/mol. The van der Waals surface area contributed by atoms with E-state index in [1.807, 2.05) is 32.0 Å². The van der Waals surface area contributed by atoms with Crippen LogP contribution in [-0.2, 0) is 4.65 Å². The Balaban J connectivity index is 2.34. The predicted octanol–water partition coefficient (Wildman–Crippen LogP) is 5.16. The highest BCUT2D eigenvalue weighted by atomic mass is 16.5. The molecule has 0 spiro atoms. The molecule has 0 fully saturated rings. The SMILES string of the molecule is COc1ccccc1C1=CC(BOC(C)(C)C(C)(C)O)CC(C(C)(C)C)=C1. The van der Waals surface area contributed by atoms with Gasteiger partial charge in [0.25, 0.3) is 7.48 Å². The highest BCUT2D eigenvalue weighted by Gasteiger charge is 2.37. The lowest BCUT2D eigenvalue weighted by Crippen LogP contribution is -2.48. The molecule has 1 aliphatic carbocycles. The number of rotatable bonds is 6. The first-order valence-electron chi connectivity index (χ1n) is 9.78. The maximum Gasteiger partial charge on any atom is 0.283 e. The maximum atomic E-state index is 10.4. The smallest absolute Gasteiger partial charge is 0.283 e. The first-order valence-corrected chi connectivity index (χ1v) is 9.78. The van der Waals surface area contributed by atoms with Crippen molar-refractivity contribution in [2.45, 2.75) is 71.9 Å². The normalized spacial score (nSPS) is 18.6. The van der Waals surface area contributed by atoms with Gasteiger partial charge in [-0.05, 0) is 57.0 Å². The topological polar surface area (TPSA) is 38.7 Å². The van der Waals surface area contributed by atoms with E-state index < -0.39 is 11.2 Å². The highest BCUT2D eigenvalue weighted by Crippen LogP contribution is 2.42. The second-order valence-corrected chi connectivity index (χ2v) is 9.59. The van der Waals surface area contributed by atoms with Crippen LogP contribution in [-0.4, -0.2) is 30.9 Å². The summed E-state index contributed by atoms with van der Waals surface area (Å²) in [5, 5.41) is 10.4. The van der Waals surface area contributed by atoms with Gasteiger partial charge in [-0.3, -0.25) is 0 Å². The average Bonchev–Trinajstić information content (AvgIpc) is 2.58. The Bertz CT molecular complexity index is 718. The van der Waals surface area contributed by atoms with E-state index in [1.54, 1.807) is 21.0 Å². The molecule has 1 aromatic carbocycles. The third kappa shape index (κ3) is 5.27. The van der Waals surface area contributed by atoms with Crippen molar-refractivity contribution >= 4 is 13.1 Å². The minimum atomic E-state index is -0.903. The molecule has 4 heteroatoms. The summed E-state index contributed by atoms with van der Waals surface area (Å²) in [5.74, 6) is 1.14. The van der Waals surface area contributed by atoms with E-state index >= 15 is 0 Å². The van der Waals surface area contributed by atoms with Gasteiger partial charge in [-0.25, -0.2) is 0 Å². The van der Waals surface area contributed by atoms with Gasteiger partial charge in [0.2, 0.25) is 0 Å². The van der Waals surface area contributed by atoms with E-state index in [4.69, 9.17) is 9.39 Å². The number of hydrogen-bond donors (Lipinski definition) is 1. The standard InChI is InChI=1S/C23H35BO3/c1-21(2,3)17-13-16(19-11-9-10-12-20(19)26-8)14-18(15-17)24-27-23(6,7)22(4,5)25/h9-14,18,24-25H,15H2,1-8H3. The van der Waals surface area contributed by atoms with Crippen LogP contribution in [0.4, 0.5) is 0 Å². The molecule has 0 amide bonds. The number of aliphatic hydroxyl groups is 1. The van der Waals surface area contributed by atoms with Crippen molar-refractivity contribution in [1.82, 2.24) is 0 Å². The fourth-order valence-electron chi connectivity index (χ4n) is 3.06. The Labute approximate surface area is 165 Å². The molecule has 0 aliphatic heterocycles. The lowest BCUT2D eigenvalue weighted by molar-refractivity contribution is -0.0907. The molecule has 0 aromatic heterocycles. The van der Waals surface area contributed by atoms with Gasteiger partial charge in [0.05, 0.1) is 18.3 Å². The fraction of sp³-hybridized carbons (Fsp3) is 0.565. The molecule has 0 heterocycles. The van der Waals surface area contributed by atoms with Crippen molar-refractivity contribution in [2.24, 2.45) is 5.41 Å². The van der Waals surface area contributed by atoms with Gasteiger partial charge in [-0.15, -0.1) is 0 Å². The van der Waals surface area contributed by atoms with Crippen molar-refractivity contribution in [3.63, 3.8) is 0 Å². The summed E-state index contributed by atoms with van der Waals surface area (Å²) in [6.45, 7) is 14.2. The van der Waals surface area contributed by atoms with Crippen molar-refractivity contribution in [1.29, 1.82) is 0 Å². The van der Waals surface area contributed by atoms with Gasteiger partial charge in [-0.2, -0.15) is 0 Å². The molecular formula is C23H35BO3. The van der Waals surface area contributed by atoms with Crippen LogP contribution in [0.5, 0.6) is 5.75 Å². The number of hydrogen-bond acceptors (Lipinski definition) is 3. The lowest BCUT2D eigenvalue weighted by Gasteiger charge is -2.39. The molecule has 1 unspecified atom stereocenters. The molecule has 0 radical (unpaired) electrons. The zero-order valence-corrected chi connectivity index (χ0v) is 18.2. The van der Waals surface area contributed by atoms with E-state index in [-0.39, 0.29) is 11.2 Å². The Morgan fingerprint density at radius 2 is 1.67 bits per heavy atom. The van der Waals surface area contributed by atoms with Crippen LogP contribution in [0.15, 0.2) is 42.0 Å². The van der Waals surface area contributed by atoms with Gasteiger partial charge in [0.15, 0.2) is 0 Å². The molecule has 0 bridgehead atoms. The summed E-state index contributed by atoms with van der Waals surface area (Å²) in [6, 6.07) is 8.14. The third-order valence-electron chi connectivity index (χ3n) is 5.74. The van der Waals surface area contributed by atoms with Gasteiger partial charge >= 0.3 is 0 Å². The summed E-state index contributed by atoms with van der Waals surface area (Å²) in [6.07, 6.45) is 5.55. The minimum absolute atomic E-state index is 0.0888. The van der Waals surface area contributed by atoms with E-state index in [9.17, 15) is 5.11 Å². The van der Waals surface area contributed by atoms with E-state index in [2.05, 4.69) is 39.0 Å². The Kier molecular flexibility index (Phi) is 6.33. The highest BCUT2D eigenvalue weighted by molar-refractivity contribution is 6.31. The Morgan fingerprint density at radius 3 is 2.22 bits per heavy atom. The Hall–Kier alpha value is -1.52. The van der Waals surface area contributed by atoms with Crippen LogP contribution in [0.1, 0.15) is 60.5 Å². The van der Waals surface area contributed by atoms with Gasteiger partial charge in [0.1, 0.15) is 5.75 Å². The molecule has 148 valence electrons. The molecule has 3 nitrogen and oxygen atoms in total. The summed E-state index contributed by atoms with van der Waals surface area (Å²) < 4.78 is 11.8. The maximum absolute atomic E-state index is 10.4. The molecule has 1 aromatic rings. The quantitative estimate of drug-likeness (QED) is 0.703. The number of methoxy groups -OCH3 is 1. The second kappa shape index (κ2) is 7.85. The first-order chi connectivity index (χ1) is 12.3.